The largest absolute Gasteiger partial charge is 0.296 e. The molecule has 10 heteroatoms. The highest BCUT2D eigenvalue weighted by Crippen LogP contribution is 2.37. The van der Waals surface area contributed by atoms with Crippen molar-refractivity contribution >= 4 is 49.7 Å². The Labute approximate surface area is 171 Å². The fraction of sp³-hybridized carbons (Fsp3) is 0.167. The molecule has 0 aliphatic carbocycles. The van der Waals surface area contributed by atoms with Gasteiger partial charge in [-0.2, -0.15) is 8.42 Å². The number of rotatable bonds is 4. The summed E-state index contributed by atoms with van der Waals surface area (Å²) >= 11 is 6.64. The molecule has 3 aromatic rings. The van der Waals surface area contributed by atoms with E-state index >= 15 is 0 Å². The van der Waals surface area contributed by atoms with Gasteiger partial charge in [0, 0.05) is 16.6 Å². The molecule has 0 spiro atoms. The Morgan fingerprint density at radius 1 is 1.18 bits per heavy atom. The third-order valence-electron chi connectivity index (χ3n) is 4.36. The molecule has 144 valence electrons. The normalized spacial score (nSPS) is 16.1. The zero-order valence-electron chi connectivity index (χ0n) is 14.7. The molecule has 1 aromatic heterocycles. The van der Waals surface area contributed by atoms with Gasteiger partial charge in [0.1, 0.15) is 0 Å². The highest BCUT2D eigenvalue weighted by molar-refractivity contribution is 7.94. The maximum Gasteiger partial charge on any atom is 0.293 e. The van der Waals surface area contributed by atoms with Gasteiger partial charge in [-0.1, -0.05) is 41.1 Å². The number of para-hydroxylation sites is 1. The van der Waals surface area contributed by atoms with Crippen molar-refractivity contribution < 1.29 is 13.2 Å². The lowest BCUT2D eigenvalue weighted by atomic mass is 10.1. The van der Waals surface area contributed by atoms with Crippen molar-refractivity contribution in [2.75, 3.05) is 9.62 Å². The first kappa shape index (κ1) is 18.9. The second-order valence-electron chi connectivity index (χ2n) is 6.32. The Hall–Kier alpha value is -2.49. The summed E-state index contributed by atoms with van der Waals surface area (Å²) in [4.78, 5) is 12.3. The first-order chi connectivity index (χ1) is 13.4. The van der Waals surface area contributed by atoms with Crippen molar-refractivity contribution in [3.63, 3.8) is 0 Å². The molecule has 28 heavy (non-hydrogen) atoms. The first-order valence-electron chi connectivity index (χ1n) is 8.39. The number of halogens is 1. The van der Waals surface area contributed by atoms with E-state index in [1.54, 1.807) is 36.4 Å². The maximum absolute atomic E-state index is 13.1. The lowest BCUT2D eigenvalue weighted by molar-refractivity contribution is 0.102. The number of hydrogen-bond donors (Lipinski definition) is 1. The average Bonchev–Trinajstić information content (AvgIpc) is 3.26. The summed E-state index contributed by atoms with van der Waals surface area (Å²) in [5.74, 6) is -0.420. The zero-order chi connectivity index (χ0) is 19.9. The Morgan fingerprint density at radius 3 is 2.64 bits per heavy atom. The summed E-state index contributed by atoms with van der Waals surface area (Å²) in [6.45, 7) is 1.85. The Kier molecular flexibility index (Phi) is 4.82. The molecular formula is C18H15ClN4O3S2. The average molecular weight is 435 g/mol. The van der Waals surface area contributed by atoms with E-state index in [1.807, 2.05) is 19.1 Å². The minimum atomic E-state index is -3.88. The van der Waals surface area contributed by atoms with Gasteiger partial charge in [-0.25, -0.2) is 0 Å². The molecule has 0 radical (unpaired) electrons. The Balaban J connectivity index is 1.58. The van der Waals surface area contributed by atoms with Crippen molar-refractivity contribution in [2.45, 2.75) is 23.7 Å². The van der Waals surface area contributed by atoms with Crippen molar-refractivity contribution in [1.82, 2.24) is 10.2 Å². The third kappa shape index (κ3) is 3.36. The van der Waals surface area contributed by atoms with Gasteiger partial charge < -0.3 is 0 Å². The van der Waals surface area contributed by atoms with Crippen molar-refractivity contribution in [3.05, 3.63) is 64.7 Å². The summed E-state index contributed by atoms with van der Waals surface area (Å²) in [6.07, 6.45) is 0.633. The number of fused-ring (bicyclic) bond motifs is 1. The molecule has 0 saturated carbocycles. The summed E-state index contributed by atoms with van der Waals surface area (Å²) in [5, 5.41) is 10.8. The highest BCUT2D eigenvalue weighted by Gasteiger charge is 2.38. The van der Waals surface area contributed by atoms with Crippen molar-refractivity contribution in [2.24, 2.45) is 0 Å². The van der Waals surface area contributed by atoms with Crippen molar-refractivity contribution in [3.8, 4) is 0 Å². The Bertz CT molecular complexity index is 1150. The number of amides is 1. The van der Waals surface area contributed by atoms with Gasteiger partial charge in [0.25, 0.3) is 20.3 Å². The van der Waals surface area contributed by atoms with Crippen LogP contribution < -0.4 is 9.62 Å². The molecule has 1 N–H and O–H groups in total. The van der Waals surface area contributed by atoms with Crippen LogP contribution in [0.5, 0.6) is 0 Å². The van der Waals surface area contributed by atoms with E-state index in [0.29, 0.717) is 22.7 Å². The van der Waals surface area contributed by atoms with Gasteiger partial charge in [0.05, 0.1) is 5.69 Å². The molecule has 0 fully saturated rings. The number of nitrogens with one attached hydrogen (secondary N) is 1. The minimum Gasteiger partial charge on any atom is -0.296 e. The minimum absolute atomic E-state index is 0.110. The molecule has 0 bridgehead atoms. The number of hydrogen-bond acceptors (Lipinski definition) is 6. The number of anilines is 2. The SMILES string of the molecule is CC1Cc2ccccc2N1S(=O)(=O)c1nnc(NC(=O)c2ccc(Cl)cc2)s1. The van der Waals surface area contributed by atoms with Crippen LogP contribution >= 0.6 is 22.9 Å². The fourth-order valence-electron chi connectivity index (χ4n) is 3.12. The number of carbonyl (C=O) groups excluding carboxylic acids is 1. The van der Waals surface area contributed by atoms with Gasteiger partial charge in [-0.3, -0.25) is 14.4 Å². The molecule has 1 unspecified atom stereocenters. The smallest absolute Gasteiger partial charge is 0.293 e. The van der Waals surface area contributed by atoms with E-state index in [-0.39, 0.29) is 15.5 Å². The summed E-state index contributed by atoms with van der Waals surface area (Å²) in [7, 11) is -3.88. The predicted molar refractivity (Wildman–Crippen MR) is 109 cm³/mol. The molecule has 7 nitrogen and oxygen atoms in total. The number of benzene rings is 2. The summed E-state index contributed by atoms with van der Waals surface area (Å²) < 4.78 is 27.4. The quantitative estimate of drug-likeness (QED) is 0.633. The van der Waals surface area contributed by atoms with Gasteiger partial charge >= 0.3 is 0 Å². The van der Waals surface area contributed by atoms with Crippen molar-refractivity contribution in [1.29, 1.82) is 0 Å². The van der Waals surface area contributed by atoms with E-state index in [0.717, 1.165) is 16.9 Å². The van der Waals surface area contributed by atoms with Crippen LogP contribution in [0.25, 0.3) is 0 Å². The highest BCUT2D eigenvalue weighted by atomic mass is 35.5. The molecule has 1 atom stereocenters. The molecular weight excluding hydrogens is 420 g/mol. The molecule has 2 aromatic carbocycles. The van der Waals surface area contributed by atoms with Gasteiger partial charge in [-0.05, 0) is 49.2 Å². The van der Waals surface area contributed by atoms with Crippen LogP contribution in [0.3, 0.4) is 0 Å². The van der Waals surface area contributed by atoms with E-state index in [1.165, 1.54) is 4.31 Å². The van der Waals surface area contributed by atoms with Gasteiger partial charge in [0.15, 0.2) is 0 Å². The molecule has 2 heterocycles. The third-order valence-corrected chi connectivity index (χ3v) is 7.72. The van der Waals surface area contributed by atoms with E-state index < -0.39 is 15.9 Å². The zero-order valence-corrected chi connectivity index (χ0v) is 17.1. The Morgan fingerprint density at radius 2 is 1.89 bits per heavy atom. The van der Waals surface area contributed by atoms with E-state index in [9.17, 15) is 13.2 Å². The van der Waals surface area contributed by atoms with Crippen LogP contribution in [0, 0.1) is 0 Å². The molecule has 0 saturated heterocycles. The molecule has 4 rings (SSSR count). The number of carbonyl (C=O) groups is 1. The van der Waals surface area contributed by atoms with Crippen LogP contribution in [0.15, 0.2) is 52.9 Å². The van der Waals surface area contributed by atoms with Crippen LogP contribution in [-0.4, -0.2) is 30.6 Å². The molecule has 1 amide bonds. The maximum atomic E-state index is 13.1. The van der Waals surface area contributed by atoms with Crippen LogP contribution in [0.2, 0.25) is 5.02 Å². The van der Waals surface area contributed by atoms with Crippen LogP contribution in [-0.2, 0) is 16.4 Å². The first-order valence-corrected chi connectivity index (χ1v) is 11.0. The lowest BCUT2D eigenvalue weighted by Crippen LogP contribution is -2.35. The predicted octanol–water partition coefficient (Wildman–Crippen LogP) is 3.58. The lowest BCUT2D eigenvalue weighted by Gasteiger charge is -2.22. The van der Waals surface area contributed by atoms with Gasteiger partial charge in [0.2, 0.25) is 5.13 Å². The fourth-order valence-corrected chi connectivity index (χ4v) is 5.92. The second-order valence-corrected chi connectivity index (χ2v) is 9.72. The van der Waals surface area contributed by atoms with Crippen LogP contribution in [0.4, 0.5) is 10.8 Å². The van der Waals surface area contributed by atoms with Crippen LogP contribution in [0.1, 0.15) is 22.8 Å². The standard InChI is InChI=1S/C18H15ClN4O3S2/c1-11-10-13-4-2-3-5-15(13)23(11)28(25,26)18-22-21-17(27-18)20-16(24)12-6-8-14(19)9-7-12/h2-9,11H,10H2,1H3,(H,20,21,24). The van der Waals surface area contributed by atoms with E-state index in [4.69, 9.17) is 11.6 Å². The number of nitrogens with zero attached hydrogens (tertiary/aromatic N) is 3. The monoisotopic (exact) mass is 434 g/mol. The topological polar surface area (TPSA) is 92.3 Å². The summed E-state index contributed by atoms with van der Waals surface area (Å²) in [5.41, 5.74) is 2.00. The van der Waals surface area contributed by atoms with Gasteiger partial charge in [-0.15, -0.1) is 10.2 Å². The van der Waals surface area contributed by atoms with E-state index in [2.05, 4.69) is 15.5 Å². The second kappa shape index (κ2) is 7.16. The molecule has 1 aliphatic heterocycles. The summed E-state index contributed by atoms with van der Waals surface area (Å²) in [6, 6.07) is 13.5. The number of sulfonamides is 1. The number of aromatic nitrogens is 2. The molecule has 1 aliphatic rings.